The van der Waals surface area contributed by atoms with Gasteiger partial charge in [-0.05, 0) is 24.6 Å². The van der Waals surface area contributed by atoms with Crippen molar-refractivity contribution in [1.82, 2.24) is 15.5 Å². The number of nitrogens with one attached hydrogen (secondary N) is 2. The van der Waals surface area contributed by atoms with E-state index in [2.05, 4.69) is 10.6 Å². The van der Waals surface area contributed by atoms with E-state index >= 15 is 0 Å². The fourth-order valence-electron chi connectivity index (χ4n) is 2.49. The molecule has 24 heavy (non-hydrogen) atoms. The van der Waals surface area contributed by atoms with E-state index in [4.69, 9.17) is 0 Å². The van der Waals surface area contributed by atoms with Gasteiger partial charge in [0.1, 0.15) is 5.82 Å². The average molecular weight is 343 g/mol. The molecule has 132 valence electrons. The number of amides is 2. The number of halogens is 3. The standard InChI is InChI=1S/C16H20F3N3O2/c1-2-22(15(24)13-7-16(18,19)10-21-13)9-14(23)20-8-11-3-5-12(17)6-4-11/h3-6,13,21H,2,7-10H2,1H3,(H,20,23). The first-order valence-electron chi connectivity index (χ1n) is 7.72. The first kappa shape index (κ1) is 18.3. The van der Waals surface area contributed by atoms with Crippen LogP contribution in [0.2, 0.25) is 0 Å². The zero-order valence-corrected chi connectivity index (χ0v) is 13.3. The van der Waals surface area contributed by atoms with Gasteiger partial charge in [0.15, 0.2) is 0 Å². The molecule has 1 fully saturated rings. The Morgan fingerprint density at radius 1 is 1.33 bits per heavy atom. The van der Waals surface area contributed by atoms with Gasteiger partial charge in [-0.1, -0.05) is 12.1 Å². The van der Waals surface area contributed by atoms with Gasteiger partial charge in [0.05, 0.1) is 19.1 Å². The molecule has 0 saturated carbocycles. The zero-order valence-electron chi connectivity index (χ0n) is 13.3. The Balaban J connectivity index is 1.84. The van der Waals surface area contributed by atoms with Gasteiger partial charge in [-0.15, -0.1) is 0 Å². The minimum Gasteiger partial charge on any atom is -0.350 e. The van der Waals surface area contributed by atoms with Gasteiger partial charge >= 0.3 is 0 Å². The number of carbonyl (C=O) groups is 2. The highest BCUT2D eigenvalue weighted by molar-refractivity contribution is 5.87. The fraction of sp³-hybridized carbons (Fsp3) is 0.500. The molecule has 1 saturated heterocycles. The summed E-state index contributed by atoms with van der Waals surface area (Å²) in [7, 11) is 0. The molecule has 0 aliphatic carbocycles. The number of rotatable bonds is 6. The Morgan fingerprint density at radius 3 is 2.54 bits per heavy atom. The molecule has 0 radical (unpaired) electrons. The Labute approximate surface area is 138 Å². The molecule has 0 spiro atoms. The third kappa shape index (κ3) is 4.95. The van der Waals surface area contributed by atoms with Crippen molar-refractivity contribution in [3.63, 3.8) is 0 Å². The lowest BCUT2D eigenvalue weighted by molar-refractivity contribution is -0.137. The smallest absolute Gasteiger partial charge is 0.262 e. The second-order valence-corrected chi connectivity index (χ2v) is 5.75. The number of hydrogen-bond acceptors (Lipinski definition) is 3. The summed E-state index contributed by atoms with van der Waals surface area (Å²) in [4.78, 5) is 25.4. The van der Waals surface area contributed by atoms with Crippen LogP contribution in [0.1, 0.15) is 18.9 Å². The summed E-state index contributed by atoms with van der Waals surface area (Å²) in [5.74, 6) is -4.18. The van der Waals surface area contributed by atoms with Crippen molar-refractivity contribution < 1.29 is 22.8 Å². The van der Waals surface area contributed by atoms with Crippen molar-refractivity contribution >= 4 is 11.8 Å². The Morgan fingerprint density at radius 2 is 2.00 bits per heavy atom. The molecule has 1 aliphatic rings. The van der Waals surface area contributed by atoms with E-state index in [-0.39, 0.29) is 25.5 Å². The zero-order chi connectivity index (χ0) is 17.7. The Bertz CT molecular complexity index is 593. The van der Waals surface area contributed by atoms with Gasteiger partial charge in [-0.2, -0.15) is 0 Å². The van der Waals surface area contributed by atoms with Gasteiger partial charge in [0.2, 0.25) is 11.8 Å². The molecule has 1 aromatic rings. The average Bonchev–Trinajstić information content (AvgIpc) is 2.91. The van der Waals surface area contributed by atoms with E-state index < -0.39 is 36.7 Å². The van der Waals surface area contributed by atoms with Crippen molar-refractivity contribution in [3.8, 4) is 0 Å². The largest absolute Gasteiger partial charge is 0.350 e. The minimum absolute atomic E-state index is 0.199. The van der Waals surface area contributed by atoms with E-state index in [9.17, 15) is 22.8 Å². The molecular weight excluding hydrogens is 323 g/mol. The van der Waals surface area contributed by atoms with Crippen LogP contribution in [0.4, 0.5) is 13.2 Å². The number of likely N-dealkylation sites (N-methyl/N-ethyl adjacent to an activating group) is 1. The summed E-state index contributed by atoms with van der Waals surface area (Å²) in [6.45, 7) is 1.38. The summed E-state index contributed by atoms with van der Waals surface area (Å²) in [5.41, 5.74) is 0.719. The maximum atomic E-state index is 13.2. The molecule has 1 aliphatic heterocycles. The normalized spacial score (nSPS) is 19.1. The van der Waals surface area contributed by atoms with Gasteiger partial charge in [0.25, 0.3) is 5.92 Å². The van der Waals surface area contributed by atoms with Gasteiger partial charge in [-0.25, -0.2) is 13.2 Å². The summed E-state index contributed by atoms with van der Waals surface area (Å²) in [6, 6.07) is 4.70. The van der Waals surface area contributed by atoms with Crippen LogP contribution in [-0.2, 0) is 16.1 Å². The highest BCUT2D eigenvalue weighted by atomic mass is 19.3. The SMILES string of the molecule is CCN(CC(=O)NCc1ccc(F)cc1)C(=O)C1CC(F)(F)CN1. The molecule has 5 nitrogen and oxygen atoms in total. The van der Waals surface area contributed by atoms with Crippen LogP contribution in [0.3, 0.4) is 0 Å². The molecule has 0 aromatic heterocycles. The summed E-state index contributed by atoms with van der Waals surface area (Å²) >= 11 is 0. The highest BCUT2D eigenvalue weighted by Gasteiger charge is 2.43. The molecule has 1 unspecified atom stereocenters. The van der Waals surface area contributed by atoms with Gasteiger partial charge in [-0.3, -0.25) is 14.9 Å². The van der Waals surface area contributed by atoms with Crippen LogP contribution in [0.5, 0.6) is 0 Å². The van der Waals surface area contributed by atoms with Crippen LogP contribution in [0, 0.1) is 5.82 Å². The van der Waals surface area contributed by atoms with Crippen molar-refractivity contribution in [2.45, 2.75) is 31.9 Å². The van der Waals surface area contributed by atoms with E-state index in [0.717, 1.165) is 5.56 Å². The van der Waals surface area contributed by atoms with Gasteiger partial charge in [0, 0.05) is 19.5 Å². The van der Waals surface area contributed by atoms with Crippen molar-refractivity contribution in [3.05, 3.63) is 35.6 Å². The first-order chi connectivity index (χ1) is 11.3. The Kier molecular flexibility index (Phi) is 5.82. The molecule has 2 N–H and O–H groups in total. The molecular formula is C16H20F3N3O2. The highest BCUT2D eigenvalue weighted by Crippen LogP contribution is 2.25. The van der Waals surface area contributed by atoms with Crippen LogP contribution >= 0.6 is 0 Å². The molecule has 2 amide bonds. The van der Waals surface area contributed by atoms with Crippen LogP contribution in [-0.4, -0.2) is 48.3 Å². The second kappa shape index (κ2) is 7.65. The third-order valence-electron chi connectivity index (χ3n) is 3.84. The summed E-state index contributed by atoms with van der Waals surface area (Å²) in [5, 5.41) is 5.11. The molecule has 0 bridgehead atoms. The number of hydrogen-bond donors (Lipinski definition) is 2. The van der Waals surface area contributed by atoms with E-state index in [1.807, 2.05) is 0 Å². The van der Waals surface area contributed by atoms with Crippen molar-refractivity contribution in [2.24, 2.45) is 0 Å². The minimum atomic E-state index is -2.90. The third-order valence-corrected chi connectivity index (χ3v) is 3.84. The van der Waals surface area contributed by atoms with E-state index in [1.165, 1.54) is 17.0 Å². The summed E-state index contributed by atoms with van der Waals surface area (Å²) in [6.07, 6.45) is -0.556. The van der Waals surface area contributed by atoms with Crippen LogP contribution in [0.15, 0.2) is 24.3 Å². The lowest BCUT2D eigenvalue weighted by atomic mass is 10.1. The number of benzene rings is 1. The predicted octanol–water partition coefficient (Wildman–Crippen LogP) is 1.29. The summed E-state index contributed by atoms with van der Waals surface area (Å²) < 4.78 is 39.2. The van der Waals surface area contributed by atoms with E-state index in [1.54, 1.807) is 19.1 Å². The quantitative estimate of drug-likeness (QED) is 0.818. The topological polar surface area (TPSA) is 61.4 Å². The van der Waals surface area contributed by atoms with Crippen molar-refractivity contribution in [1.29, 1.82) is 0 Å². The lowest BCUT2D eigenvalue weighted by Crippen LogP contribution is -2.47. The van der Waals surface area contributed by atoms with Crippen LogP contribution in [0.25, 0.3) is 0 Å². The lowest BCUT2D eigenvalue weighted by Gasteiger charge is -2.23. The first-order valence-corrected chi connectivity index (χ1v) is 7.72. The second-order valence-electron chi connectivity index (χ2n) is 5.75. The monoisotopic (exact) mass is 343 g/mol. The molecule has 1 aromatic carbocycles. The molecule has 2 rings (SSSR count). The van der Waals surface area contributed by atoms with Crippen LogP contribution < -0.4 is 10.6 Å². The molecule has 8 heteroatoms. The predicted molar refractivity (Wildman–Crippen MR) is 81.9 cm³/mol. The number of nitrogens with zero attached hydrogens (tertiary/aromatic N) is 1. The fourth-order valence-corrected chi connectivity index (χ4v) is 2.49. The van der Waals surface area contributed by atoms with Gasteiger partial charge < -0.3 is 10.2 Å². The maximum absolute atomic E-state index is 13.2. The maximum Gasteiger partial charge on any atom is 0.262 e. The number of carbonyl (C=O) groups excluding carboxylic acids is 2. The number of alkyl halides is 2. The molecule has 1 atom stereocenters. The van der Waals surface area contributed by atoms with Crippen molar-refractivity contribution in [2.75, 3.05) is 19.6 Å². The molecule has 1 heterocycles. The Hall–Kier alpha value is -2.09. The van der Waals surface area contributed by atoms with E-state index in [0.29, 0.717) is 0 Å².